The molecule has 2 atom stereocenters. The molecule has 1 saturated carbocycles. The van der Waals surface area contributed by atoms with Gasteiger partial charge in [0.25, 0.3) is 0 Å². The first kappa shape index (κ1) is 15.6. The molecule has 0 aromatic heterocycles. The summed E-state index contributed by atoms with van der Waals surface area (Å²) in [7, 11) is 0. The van der Waals surface area contributed by atoms with Gasteiger partial charge < -0.3 is 0 Å². The maximum Gasteiger partial charge on any atom is -0.0167 e. The van der Waals surface area contributed by atoms with Crippen LogP contribution in [0.15, 0.2) is 35.5 Å². The second-order valence-electron chi connectivity index (χ2n) is 7.78. The molecule has 0 amide bonds. The second-order valence-corrected chi connectivity index (χ2v) is 7.78. The van der Waals surface area contributed by atoms with Gasteiger partial charge in [-0.25, -0.2) is 0 Å². The van der Waals surface area contributed by atoms with Crippen molar-refractivity contribution in [1.82, 2.24) is 0 Å². The molecule has 0 radical (unpaired) electrons. The van der Waals surface area contributed by atoms with Crippen molar-refractivity contribution in [1.29, 1.82) is 0 Å². The van der Waals surface area contributed by atoms with Crippen LogP contribution < -0.4 is 0 Å². The highest BCUT2D eigenvalue weighted by molar-refractivity contribution is 5.15. The first-order valence-electron chi connectivity index (χ1n) is 8.39. The predicted molar refractivity (Wildman–Crippen MR) is 89.7 cm³/mol. The normalized spacial score (nSPS) is 36.9. The SMILES string of the molecule is C=C1CC/C=C(\C)CC/C=C(/C)CC[C@@H]2[C@@H]1CC2(C)C. The lowest BCUT2D eigenvalue weighted by molar-refractivity contribution is 0.00338. The van der Waals surface area contributed by atoms with E-state index in [9.17, 15) is 0 Å². The predicted octanol–water partition coefficient (Wildman–Crippen LogP) is 6.45. The van der Waals surface area contributed by atoms with Crippen molar-refractivity contribution in [3.8, 4) is 0 Å². The van der Waals surface area contributed by atoms with Crippen LogP contribution in [0, 0.1) is 17.3 Å². The summed E-state index contributed by atoms with van der Waals surface area (Å²) in [5.41, 5.74) is 5.18. The molecule has 0 nitrogen and oxygen atoms in total. The fourth-order valence-electron chi connectivity index (χ4n) is 4.09. The van der Waals surface area contributed by atoms with Gasteiger partial charge in [0.1, 0.15) is 0 Å². The lowest BCUT2D eigenvalue weighted by atomic mass is 9.52. The summed E-state index contributed by atoms with van der Waals surface area (Å²) in [5.74, 6) is 1.64. The summed E-state index contributed by atoms with van der Waals surface area (Å²) < 4.78 is 0. The molecule has 0 spiro atoms. The Kier molecular flexibility index (Phi) is 4.94. The molecule has 2 aliphatic carbocycles. The van der Waals surface area contributed by atoms with Gasteiger partial charge in [0.05, 0.1) is 0 Å². The highest BCUT2D eigenvalue weighted by Gasteiger charge is 2.47. The zero-order chi connectivity index (χ0) is 14.8. The van der Waals surface area contributed by atoms with Gasteiger partial charge in [-0.15, -0.1) is 0 Å². The van der Waals surface area contributed by atoms with Crippen LogP contribution in [-0.4, -0.2) is 0 Å². The molecule has 0 N–H and O–H groups in total. The van der Waals surface area contributed by atoms with Crippen molar-refractivity contribution in [2.45, 2.75) is 72.6 Å². The monoisotopic (exact) mass is 272 g/mol. The number of hydrogen-bond acceptors (Lipinski definition) is 0. The fraction of sp³-hybridized carbons (Fsp3) is 0.700. The van der Waals surface area contributed by atoms with E-state index in [4.69, 9.17) is 0 Å². The van der Waals surface area contributed by atoms with Crippen molar-refractivity contribution in [3.05, 3.63) is 35.5 Å². The third-order valence-electron chi connectivity index (χ3n) is 5.60. The van der Waals surface area contributed by atoms with Crippen LogP contribution >= 0.6 is 0 Å². The Hall–Kier alpha value is -0.780. The molecule has 0 aromatic carbocycles. The zero-order valence-electron chi connectivity index (χ0n) is 14.0. The lowest BCUT2D eigenvalue weighted by Crippen LogP contribution is -2.44. The maximum absolute atomic E-state index is 4.41. The summed E-state index contributed by atoms with van der Waals surface area (Å²) in [6.07, 6.45) is 13.7. The molecule has 1 fully saturated rings. The zero-order valence-corrected chi connectivity index (χ0v) is 14.0. The van der Waals surface area contributed by atoms with E-state index in [-0.39, 0.29) is 0 Å². The van der Waals surface area contributed by atoms with Gasteiger partial charge in [-0.3, -0.25) is 0 Å². The minimum absolute atomic E-state index is 0.528. The van der Waals surface area contributed by atoms with E-state index in [0.717, 1.165) is 11.8 Å². The van der Waals surface area contributed by atoms with E-state index >= 15 is 0 Å². The minimum Gasteiger partial charge on any atom is -0.0996 e. The van der Waals surface area contributed by atoms with Crippen LogP contribution in [0.4, 0.5) is 0 Å². The first-order chi connectivity index (χ1) is 9.40. The summed E-state index contributed by atoms with van der Waals surface area (Å²) in [5, 5.41) is 0. The van der Waals surface area contributed by atoms with E-state index in [1.54, 1.807) is 11.1 Å². The molecule has 0 heteroatoms. The molecule has 0 unspecified atom stereocenters. The van der Waals surface area contributed by atoms with Crippen molar-refractivity contribution >= 4 is 0 Å². The molecule has 112 valence electrons. The Morgan fingerprint density at radius 3 is 2.25 bits per heavy atom. The highest BCUT2D eigenvalue weighted by Crippen LogP contribution is 2.56. The number of rotatable bonds is 0. The topological polar surface area (TPSA) is 0 Å². The number of allylic oxidation sites excluding steroid dienone is 5. The summed E-state index contributed by atoms with van der Waals surface area (Å²) in [4.78, 5) is 0. The van der Waals surface area contributed by atoms with E-state index in [1.165, 1.54) is 50.5 Å². The minimum atomic E-state index is 0.528. The second kappa shape index (κ2) is 6.33. The van der Waals surface area contributed by atoms with Gasteiger partial charge in [0.15, 0.2) is 0 Å². The van der Waals surface area contributed by atoms with E-state index in [1.807, 2.05) is 0 Å². The molecule has 0 aliphatic heterocycles. The summed E-state index contributed by atoms with van der Waals surface area (Å²) in [6.45, 7) is 13.9. The third-order valence-corrected chi connectivity index (χ3v) is 5.60. The fourth-order valence-corrected chi connectivity index (χ4v) is 4.09. The van der Waals surface area contributed by atoms with Crippen LogP contribution in [0.1, 0.15) is 72.6 Å². The quantitative estimate of drug-likeness (QED) is 0.444. The molecule has 2 aliphatic rings. The maximum atomic E-state index is 4.41. The summed E-state index contributed by atoms with van der Waals surface area (Å²) >= 11 is 0. The Bertz CT molecular complexity index is 419. The van der Waals surface area contributed by atoms with Gasteiger partial charge >= 0.3 is 0 Å². The van der Waals surface area contributed by atoms with Gasteiger partial charge in [0, 0.05) is 0 Å². The van der Waals surface area contributed by atoms with E-state index in [2.05, 4.69) is 46.4 Å². The Morgan fingerprint density at radius 2 is 1.60 bits per heavy atom. The molecular weight excluding hydrogens is 240 g/mol. The molecule has 20 heavy (non-hydrogen) atoms. The van der Waals surface area contributed by atoms with E-state index < -0.39 is 0 Å². The Balaban J connectivity index is 2.10. The van der Waals surface area contributed by atoms with Crippen molar-refractivity contribution < 1.29 is 0 Å². The number of hydrogen-bond donors (Lipinski definition) is 0. The lowest BCUT2D eigenvalue weighted by Gasteiger charge is -2.53. The van der Waals surface area contributed by atoms with Crippen molar-refractivity contribution in [2.75, 3.05) is 0 Å². The Morgan fingerprint density at radius 1 is 1.00 bits per heavy atom. The highest BCUT2D eigenvalue weighted by atomic mass is 14.5. The van der Waals surface area contributed by atoms with Crippen LogP contribution in [0.5, 0.6) is 0 Å². The van der Waals surface area contributed by atoms with Crippen LogP contribution in [0.2, 0.25) is 0 Å². The van der Waals surface area contributed by atoms with Crippen LogP contribution in [0.25, 0.3) is 0 Å². The van der Waals surface area contributed by atoms with Gasteiger partial charge in [0.2, 0.25) is 0 Å². The van der Waals surface area contributed by atoms with Gasteiger partial charge in [-0.05, 0) is 76.0 Å². The molecular formula is C20H32. The first-order valence-corrected chi connectivity index (χ1v) is 8.39. The summed E-state index contributed by atoms with van der Waals surface area (Å²) in [6, 6.07) is 0. The molecule has 2 rings (SSSR count). The molecule has 0 aromatic rings. The average molecular weight is 272 g/mol. The van der Waals surface area contributed by atoms with Gasteiger partial charge in [-0.2, -0.15) is 0 Å². The largest absolute Gasteiger partial charge is 0.0996 e. The molecule has 0 saturated heterocycles. The molecule has 0 bridgehead atoms. The Labute approximate surface area is 126 Å². The third kappa shape index (κ3) is 3.65. The standard InChI is InChI=1S/C20H32/c1-15-8-6-9-16(2)12-13-19-18(14-20(19,4)5)17(3)11-7-10-15/h9-10,18-19H,3,6-8,11-14H2,1-2,4-5H3/b15-10+,16-9-/t18-,19-/m1/s1. The van der Waals surface area contributed by atoms with Crippen molar-refractivity contribution in [3.63, 3.8) is 0 Å². The average Bonchev–Trinajstić information content (AvgIpc) is 2.36. The van der Waals surface area contributed by atoms with Crippen LogP contribution in [-0.2, 0) is 0 Å². The molecule has 0 heterocycles. The van der Waals surface area contributed by atoms with Crippen LogP contribution in [0.3, 0.4) is 0 Å². The number of fused-ring (bicyclic) bond motifs is 1. The van der Waals surface area contributed by atoms with E-state index in [0.29, 0.717) is 5.41 Å². The van der Waals surface area contributed by atoms with Crippen molar-refractivity contribution in [2.24, 2.45) is 17.3 Å². The van der Waals surface area contributed by atoms with Gasteiger partial charge in [-0.1, -0.05) is 49.3 Å². The smallest absolute Gasteiger partial charge is 0.0167 e.